The number of anilines is 1. The number of nitrogens with one attached hydrogen (secondary N) is 1. The van der Waals surface area contributed by atoms with Crippen LogP contribution in [0.1, 0.15) is 53.8 Å². The van der Waals surface area contributed by atoms with E-state index in [1.165, 1.54) is 28.0 Å². The van der Waals surface area contributed by atoms with Gasteiger partial charge in [-0.2, -0.15) is 0 Å². The standard InChI is InChI=1S/C19H26N4O3S2/c1-5-14-21-22-19(23(14)4)27-10-15(24)20-17-16(18(25)26-6-2)12-8-7-11(3)9-13(12)28-17/h11H,5-10H2,1-4H3,(H,20,24). The van der Waals surface area contributed by atoms with Crippen molar-refractivity contribution in [2.45, 2.75) is 51.6 Å². The molecule has 2 aromatic rings. The van der Waals surface area contributed by atoms with E-state index in [1.54, 1.807) is 6.92 Å². The van der Waals surface area contributed by atoms with Crippen molar-refractivity contribution in [2.24, 2.45) is 13.0 Å². The lowest BCUT2D eigenvalue weighted by molar-refractivity contribution is -0.113. The van der Waals surface area contributed by atoms with Gasteiger partial charge in [-0.05, 0) is 37.7 Å². The number of fused-ring (bicyclic) bond motifs is 1. The van der Waals surface area contributed by atoms with Crippen molar-refractivity contribution >= 4 is 40.0 Å². The van der Waals surface area contributed by atoms with Crippen molar-refractivity contribution in [3.05, 3.63) is 21.8 Å². The molecule has 1 aliphatic carbocycles. The Bertz CT molecular complexity index is 875. The van der Waals surface area contributed by atoms with E-state index in [1.807, 2.05) is 18.5 Å². The molecule has 0 radical (unpaired) electrons. The third-order valence-electron chi connectivity index (χ3n) is 4.82. The van der Waals surface area contributed by atoms with Crippen LogP contribution in [-0.4, -0.2) is 39.0 Å². The third-order valence-corrected chi connectivity index (χ3v) is 7.01. The molecule has 0 aromatic carbocycles. The van der Waals surface area contributed by atoms with E-state index < -0.39 is 0 Å². The number of carbonyl (C=O) groups excluding carboxylic acids is 2. The second-order valence-corrected chi connectivity index (χ2v) is 8.97. The van der Waals surface area contributed by atoms with Crippen molar-refractivity contribution in [1.82, 2.24) is 14.8 Å². The molecule has 0 saturated heterocycles. The summed E-state index contributed by atoms with van der Waals surface area (Å²) in [7, 11) is 1.90. The maximum atomic E-state index is 12.5. The summed E-state index contributed by atoms with van der Waals surface area (Å²) in [5.74, 6) is 1.16. The lowest BCUT2D eigenvalue weighted by Crippen LogP contribution is -2.18. The first-order chi connectivity index (χ1) is 13.4. The number of carbonyl (C=O) groups is 2. The highest BCUT2D eigenvalue weighted by Crippen LogP contribution is 2.40. The fraction of sp³-hybridized carbons (Fsp3) is 0.579. The molecular formula is C19H26N4O3S2. The van der Waals surface area contributed by atoms with Gasteiger partial charge in [0.25, 0.3) is 0 Å². The fourth-order valence-electron chi connectivity index (χ4n) is 3.33. The number of thiophene rings is 1. The number of hydrogen-bond donors (Lipinski definition) is 1. The molecule has 0 spiro atoms. The summed E-state index contributed by atoms with van der Waals surface area (Å²) in [6.07, 6.45) is 3.63. The van der Waals surface area contributed by atoms with Crippen LogP contribution < -0.4 is 5.32 Å². The van der Waals surface area contributed by atoms with Gasteiger partial charge in [0.15, 0.2) is 5.16 Å². The molecule has 2 aromatic heterocycles. The highest BCUT2D eigenvalue weighted by atomic mass is 32.2. The molecule has 0 bridgehead atoms. The Labute approximate surface area is 173 Å². The lowest BCUT2D eigenvalue weighted by atomic mass is 9.88. The minimum atomic E-state index is -0.349. The monoisotopic (exact) mass is 422 g/mol. The van der Waals surface area contributed by atoms with Crippen LogP contribution in [0.4, 0.5) is 5.00 Å². The normalized spacial score (nSPS) is 15.9. The van der Waals surface area contributed by atoms with Gasteiger partial charge in [-0.25, -0.2) is 4.79 Å². The van der Waals surface area contributed by atoms with Gasteiger partial charge >= 0.3 is 5.97 Å². The molecule has 1 amide bonds. The average Bonchev–Trinajstić information content (AvgIpc) is 3.19. The number of aryl methyl sites for hydroxylation is 1. The maximum Gasteiger partial charge on any atom is 0.341 e. The Morgan fingerprint density at radius 1 is 1.36 bits per heavy atom. The molecule has 0 aliphatic heterocycles. The first kappa shape index (κ1) is 20.9. The van der Waals surface area contributed by atoms with Gasteiger partial charge in [-0.15, -0.1) is 21.5 Å². The second-order valence-electron chi connectivity index (χ2n) is 6.92. The summed E-state index contributed by atoms with van der Waals surface area (Å²) in [5.41, 5.74) is 1.59. The van der Waals surface area contributed by atoms with Gasteiger partial charge in [0, 0.05) is 18.3 Å². The van der Waals surface area contributed by atoms with Gasteiger partial charge in [0.1, 0.15) is 10.8 Å². The van der Waals surface area contributed by atoms with Crippen LogP contribution >= 0.6 is 23.1 Å². The fourth-order valence-corrected chi connectivity index (χ4v) is 5.47. The van der Waals surface area contributed by atoms with E-state index in [4.69, 9.17) is 4.74 Å². The maximum absolute atomic E-state index is 12.5. The average molecular weight is 423 g/mol. The summed E-state index contributed by atoms with van der Waals surface area (Å²) in [5, 5.41) is 12.5. The predicted molar refractivity (Wildman–Crippen MR) is 111 cm³/mol. The van der Waals surface area contributed by atoms with Crippen molar-refractivity contribution in [3.8, 4) is 0 Å². The quantitative estimate of drug-likeness (QED) is 0.543. The van der Waals surface area contributed by atoms with Crippen LogP contribution in [0, 0.1) is 5.92 Å². The highest BCUT2D eigenvalue weighted by molar-refractivity contribution is 7.99. The van der Waals surface area contributed by atoms with Crippen LogP contribution in [0.2, 0.25) is 0 Å². The Balaban J connectivity index is 1.74. The molecule has 3 rings (SSSR count). The van der Waals surface area contributed by atoms with Gasteiger partial charge in [0.2, 0.25) is 5.91 Å². The van der Waals surface area contributed by atoms with Crippen molar-refractivity contribution in [3.63, 3.8) is 0 Å². The molecular weight excluding hydrogens is 396 g/mol. The topological polar surface area (TPSA) is 86.1 Å². The number of aromatic nitrogens is 3. The molecule has 0 saturated carbocycles. The Morgan fingerprint density at radius 2 is 2.14 bits per heavy atom. The summed E-state index contributed by atoms with van der Waals surface area (Å²) < 4.78 is 7.15. The van der Waals surface area contributed by atoms with Gasteiger partial charge < -0.3 is 14.6 Å². The summed E-state index contributed by atoms with van der Waals surface area (Å²) >= 11 is 2.84. The second kappa shape index (κ2) is 9.09. The SMILES string of the molecule is CCOC(=O)c1c(NC(=O)CSc2nnc(CC)n2C)sc2c1CCC(C)C2. The van der Waals surface area contributed by atoms with Crippen LogP contribution in [0.25, 0.3) is 0 Å². The van der Waals surface area contributed by atoms with E-state index >= 15 is 0 Å². The van der Waals surface area contributed by atoms with E-state index in [-0.39, 0.29) is 17.6 Å². The summed E-state index contributed by atoms with van der Waals surface area (Å²) in [4.78, 5) is 26.3. The molecule has 1 unspecified atom stereocenters. The number of thioether (sulfide) groups is 1. The Hall–Kier alpha value is -1.87. The zero-order valence-electron chi connectivity index (χ0n) is 16.7. The van der Waals surface area contributed by atoms with Crippen LogP contribution in [0.3, 0.4) is 0 Å². The van der Waals surface area contributed by atoms with E-state index in [2.05, 4.69) is 22.4 Å². The molecule has 0 fully saturated rings. The lowest BCUT2D eigenvalue weighted by Gasteiger charge is -2.18. The minimum Gasteiger partial charge on any atom is -0.462 e. The zero-order chi connectivity index (χ0) is 20.3. The van der Waals surface area contributed by atoms with Gasteiger partial charge in [0.05, 0.1) is 17.9 Å². The molecule has 7 nitrogen and oxygen atoms in total. The molecule has 1 N–H and O–H groups in total. The molecule has 1 atom stereocenters. The van der Waals surface area contributed by atoms with Crippen LogP contribution in [-0.2, 0) is 35.8 Å². The summed E-state index contributed by atoms with van der Waals surface area (Å²) in [6, 6.07) is 0. The van der Waals surface area contributed by atoms with Gasteiger partial charge in [-0.1, -0.05) is 25.6 Å². The predicted octanol–water partition coefficient (Wildman–Crippen LogP) is 3.47. The Kier molecular flexibility index (Phi) is 6.77. The molecule has 2 heterocycles. The van der Waals surface area contributed by atoms with E-state index in [0.717, 1.165) is 37.1 Å². The number of nitrogens with zero attached hydrogens (tertiary/aromatic N) is 3. The summed E-state index contributed by atoms with van der Waals surface area (Å²) in [6.45, 7) is 6.34. The first-order valence-electron chi connectivity index (χ1n) is 9.57. The first-order valence-corrected chi connectivity index (χ1v) is 11.4. The minimum absolute atomic E-state index is 0.164. The molecule has 28 heavy (non-hydrogen) atoms. The zero-order valence-corrected chi connectivity index (χ0v) is 18.3. The number of hydrogen-bond acceptors (Lipinski definition) is 7. The highest BCUT2D eigenvalue weighted by Gasteiger charge is 2.29. The number of rotatable bonds is 7. The van der Waals surface area contributed by atoms with Crippen LogP contribution in [0.5, 0.6) is 0 Å². The largest absolute Gasteiger partial charge is 0.462 e. The van der Waals surface area contributed by atoms with Crippen molar-refractivity contribution in [1.29, 1.82) is 0 Å². The van der Waals surface area contributed by atoms with E-state index in [9.17, 15) is 9.59 Å². The van der Waals surface area contributed by atoms with E-state index in [0.29, 0.717) is 28.2 Å². The Morgan fingerprint density at radius 3 is 2.82 bits per heavy atom. The van der Waals surface area contributed by atoms with Crippen LogP contribution in [0.15, 0.2) is 5.16 Å². The number of amides is 1. The third kappa shape index (κ3) is 4.41. The van der Waals surface area contributed by atoms with Crippen molar-refractivity contribution < 1.29 is 14.3 Å². The molecule has 1 aliphatic rings. The smallest absolute Gasteiger partial charge is 0.341 e. The van der Waals surface area contributed by atoms with Gasteiger partial charge in [-0.3, -0.25) is 4.79 Å². The molecule has 9 heteroatoms. The number of ether oxygens (including phenoxy) is 1. The number of esters is 1. The van der Waals surface area contributed by atoms with Crippen molar-refractivity contribution in [2.75, 3.05) is 17.7 Å². The molecule has 152 valence electrons.